The number of H-pyrrole nitrogens is 1. The van der Waals surface area contributed by atoms with Crippen LogP contribution in [0.2, 0.25) is 0 Å². The molecular formula is C8H10N4O. The third kappa shape index (κ3) is 1.20. The molecule has 0 aliphatic carbocycles. The first-order chi connectivity index (χ1) is 6.16. The molecule has 2 heterocycles. The van der Waals surface area contributed by atoms with Gasteiger partial charge in [-0.1, -0.05) is 0 Å². The molecule has 0 aliphatic heterocycles. The van der Waals surface area contributed by atoms with E-state index in [1.807, 2.05) is 0 Å². The highest BCUT2D eigenvalue weighted by Gasteiger charge is 2.09. The number of hydrogen-bond donors (Lipinski definition) is 4. The molecule has 0 atom stereocenters. The number of anilines is 3. The zero-order valence-corrected chi connectivity index (χ0v) is 6.87. The molecule has 5 nitrogen and oxygen atoms in total. The van der Waals surface area contributed by atoms with Crippen LogP contribution in [0.25, 0.3) is 11.5 Å². The number of hydrogen-bond acceptors (Lipinski definition) is 4. The van der Waals surface area contributed by atoms with Crippen LogP contribution in [-0.2, 0) is 0 Å². The second-order valence-electron chi connectivity index (χ2n) is 2.76. The third-order valence-corrected chi connectivity index (χ3v) is 1.73. The van der Waals surface area contributed by atoms with Gasteiger partial charge < -0.3 is 26.6 Å². The number of furan rings is 1. The smallest absolute Gasteiger partial charge is 0.193 e. The minimum atomic E-state index is 0.292. The summed E-state index contributed by atoms with van der Waals surface area (Å²) < 4.78 is 5.18. The van der Waals surface area contributed by atoms with Gasteiger partial charge in [-0.2, -0.15) is 0 Å². The SMILES string of the molecule is Nc1ccc(-c2oc(N)cc2N)[nH]1. The zero-order chi connectivity index (χ0) is 9.42. The second kappa shape index (κ2) is 2.48. The molecule has 0 aromatic carbocycles. The first-order valence-electron chi connectivity index (χ1n) is 3.76. The number of aromatic amines is 1. The molecule has 13 heavy (non-hydrogen) atoms. The quantitative estimate of drug-likeness (QED) is 0.522. The standard InChI is InChI=1S/C8H10N4O/c9-4-3-7(11)13-8(4)5-1-2-6(10)12-5/h1-3,12H,9-11H2. The normalized spacial score (nSPS) is 10.5. The molecule has 2 aromatic heterocycles. The summed E-state index contributed by atoms with van der Waals surface area (Å²) in [4.78, 5) is 2.89. The molecule has 0 aliphatic rings. The lowest BCUT2D eigenvalue weighted by molar-refractivity contribution is 0.602. The van der Waals surface area contributed by atoms with E-state index in [1.54, 1.807) is 18.2 Å². The topological polar surface area (TPSA) is 107 Å². The molecule has 2 aromatic rings. The molecule has 68 valence electrons. The van der Waals surface area contributed by atoms with Gasteiger partial charge in [0, 0.05) is 6.07 Å². The molecule has 0 spiro atoms. The van der Waals surface area contributed by atoms with E-state index in [2.05, 4.69) is 4.98 Å². The number of nitrogens with two attached hydrogens (primary N) is 3. The predicted molar refractivity (Wildman–Crippen MR) is 51.7 cm³/mol. The van der Waals surface area contributed by atoms with Crippen LogP contribution in [0.15, 0.2) is 22.6 Å². The van der Waals surface area contributed by atoms with Crippen LogP contribution in [0, 0.1) is 0 Å². The van der Waals surface area contributed by atoms with E-state index < -0.39 is 0 Å². The number of nitrogen functional groups attached to an aromatic ring is 3. The Morgan fingerprint density at radius 1 is 1.15 bits per heavy atom. The van der Waals surface area contributed by atoms with Crippen molar-refractivity contribution in [3.63, 3.8) is 0 Å². The molecular weight excluding hydrogens is 168 g/mol. The summed E-state index contributed by atoms with van der Waals surface area (Å²) in [5.41, 5.74) is 17.8. The summed E-state index contributed by atoms with van der Waals surface area (Å²) in [6.45, 7) is 0. The van der Waals surface area contributed by atoms with Crippen molar-refractivity contribution in [1.29, 1.82) is 0 Å². The van der Waals surface area contributed by atoms with Gasteiger partial charge in [0.15, 0.2) is 11.6 Å². The van der Waals surface area contributed by atoms with Crippen molar-refractivity contribution in [3.8, 4) is 11.5 Å². The summed E-state index contributed by atoms with van der Waals surface area (Å²) >= 11 is 0. The largest absolute Gasteiger partial charge is 0.437 e. The molecule has 2 rings (SSSR count). The van der Waals surface area contributed by atoms with Gasteiger partial charge in [-0.15, -0.1) is 0 Å². The van der Waals surface area contributed by atoms with Crippen LogP contribution in [0.3, 0.4) is 0 Å². The van der Waals surface area contributed by atoms with Crippen molar-refractivity contribution in [1.82, 2.24) is 4.98 Å². The van der Waals surface area contributed by atoms with E-state index in [-0.39, 0.29) is 0 Å². The summed E-state index contributed by atoms with van der Waals surface area (Å²) in [5, 5.41) is 0. The molecule has 7 N–H and O–H groups in total. The van der Waals surface area contributed by atoms with Crippen LogP contribution in [0.5, 0.6) is 0 Å². The van der Waals surface area contributed by atoms with Gasteiger partial charge >= 0.3 is 0 Å². The van der Waals surface area contributed by atoms with Crippen LogP contribution in [0.1, 0.15) is 0 Å². The predicted octanol–water partition coefficient (Wildman–Crippen LogP) is 1.02. The Balaban J connectivity index is 2.51. The maximum Gasteiger partial charge on any atom is 0.193 e. The Hall–Kier alpha value is -2.04. The summed E-state index contributed by atoms with van der Waals surface area (Å²) in [6.07, 6.45) is 0. The van der Waals surface area contributed by atoms with E-state index in [0.717, 1.165) is 5.69 Å². The number of rotatable bonds is 1. The monoisotopic (exact) mass is 178 g/mol. The Morgan fingerprint density at radius 3 is 2.38 bits per heavy atom. The Kier molecular flexibility index (Phi) is 1.45. The maximum atomic E-state index is 5.65. The van der Waals surface area contributed by atoms with Gasteiger partial charge in [-0.05, 0) is 12.1 Å². The highest BCUT2D eigenvalue weighted by molar-refractivity contribution is 5.72. The summed E-state index contributed by atoms with van der Waals surface area (Å²) in [5.74, 6) is 1.37. The lowest BCUT2D eigenvalue weighted by Gasteiger charge is -1.93. The summed E-state index contributed by atoms with van der Waals surface area (Å²) in [6, 6.07) is 5.07. The van der Waals surface area contributed by atoms with Crippen molar-refractivity contribution in [2.24, 2.45) is 0 Å². The molecule has 0 radical (unpaired) electrons. The highest BCUT2D eigenvalue weighted by Crippen LogP contribution is 2.29. The minimum Gasteiger partial charge on any atom is -0.437 e. The lowest BCUT2D eigenvalue weighted by Crippen LogP contribution is -1.86. The molecule has 0 fully saturated rings. The van der Waals surface area contributed by atoms with E-state index in [1.165, 1.54) is 0 Å². The van der Waals surface area contributed by atoms with Gasteiger partial charge in [0.1, 0.15) is 5.82 Å². The van der Waals surface area contributed by atoms with Gasteiger partial charge in [0.05, 0.1) is 11.4 Å². The van der Waals surface area contributed by atoms with Gasteiger partial charge in [-0.3, -0.25) is 0 Å². The molecule has 0 saturated carbocycles. The minimum absolute atomic E-state index is 0.292. The van der Waals surface area contributed by atoms with Gasteiger partial charge in [-0.25, -0.2) is 0 Å². The Morgan fingerprint density at radius 2 is 1.92 bits per heavy atom. The van der Waals surface area contributed by atoms with Crippen molar-refractivity contribution in [3.05, 3.63) is 18.2 Å². The van der Waals surface area contributed by atoms with Crippen molar-refractivity contribution in [2.45, 2.75) is 0 Å². The average Bonchev–Trinajstić information content (AvgIpc) is 2.58. The van der Waals surface area contributed by atoms with Gasteiger partial charge in [0.2, 0.25) is 0 Å². The van der Waals surface area contributed by atoms with E-state index >= 15 is 0 Å². The third-order valence-electron chi connectivity index (χ3n) is 1.73. The van der Waals surface area contributed by atoms with Gasteiger partial charge in [0.25, 0.3) is 0 Å². The van der Waals surface area contributed by atoms with Crippen LogP contribution in [-0.4, -0.2) is 4.98 Å². The second-order valence-corrected chi connectivity index (χ2v) is 2.76. The zero-order valence-electron chi connectivity index (χ0n) is 6.87. The first kappa shape index (κ1) is 7.60. The highest BCUT2D eigenvalue weighted by atomic mass is 16.4. The molecule has 0 amide bonds. The first-order valence-corrected chi connectivity index (χ1v) is 3.76. The fourth-order valence-electron chi connectivity index (χ4n) is 1.18. The van der Waals surface area contributed by atoms with Crippen LogP contribution in [0.4, 0.5) is 17.4 Å². The van der Waals surface area contributed by atoms with Crippen LogP contribution >= 0.6 is 0 Å². The van der Waals surface area contributed by atoms with Crippen molar-refractivity contribution < 1.29 is 4.42 Å². The van der Waals surface area contributed by atoms with E-state index in [9.17, 15) is 0 Å². The number of aromatic nitrogens is 1. The Labute approximate surface area is 74.5 Å². The molecule has 0 bridgehead atoms. The lowest BCUT2D eigenvalue weighted by atomic mass is 10.3. The maximum absolute atomic E-state index is 5.65. The Bertz CT molecular complexity index is 429. The summed E-state index contributed by atoms with van der Waals surface area (Å²) in [7, 11) is 0. The average molecular weight is 178 g/mol. The number of nitrogens with one attached hydrogen (secondary N) is 1. The van der Waals surface area contributed by atoms with Crippen LogP contribution < -0.4 is 17.2 Å². The fourth-order valence-corrected chi connectivity index (χ4v) is 1.18. The van der Waals surface area contributed by atoms with Crippen molar-refractivity contribution >= 4 is 17.4 Å². The fraction of sp³-hybridized carbons (Fsp3) is 0. The molecule has 0 unspecified atom stereocenters. The van der Waals surface area contributed by atoms with E-state index in [0.29, 0.717) is 23.1 Å². The molecule has 5 heteroatoms. The molecule has 0 saturated heterocycles. The van der Waals surface area contributed by atoms with E-state index in [4.69, 9.17) is 21.6 Å². The van der Waals surface area contributed by atoms with Crippen molar-refractivity contribution in [2.75, 3.05) is 17.2 Å².